The fourth-order valence-corrected chi connectivity index (χ4v) is 6.17. The molecular formula is C23H30. The van der Waals surface area contributed by atoms with E-state index in [1.54, 1.807) is 0 Å². The van der Waals surface area contributed by atoms with Gasteiger partial charge < -0.3 is 0 Å². The third-order valence-electron chi connectivity index (χ3n) is 6.79. The molecule has 3 rings (SSSR count). The summed E-state index contributed by atoms with van der Waals surface area (Å²) in [6, 6.07) is 0. The van der Waals surface area contributed by atoms with E-state index in [1.165, 1.54) is 43.3 Å². The van der Waals surface area contributed by atoms with Gasteiger partial charge in [-0.2, -0.15) is 0 Å². The van der Waals surface area contributed by atoms with Crippen molar-refractivity contribution in [2.24, 2.45) is 29.1 Å². The third kappa shape index (κ3) is 2.35. The molecule has 122 valence electrons. The predicted molar refractivity (Wildman–Crippen MR) is 101 cm³/mol. The zero-order valence-corrected chi connectivity index (χ0v) is 14.5. The second-order valence-electron chi connectivity index (χ2n) is 7.44. The molecule has 2 bridgehead atoms. The van der Waals surface area contributed by atoms with Crippen LogP contribution in [0.4, 0.5) is 0 Å². The summed E-state index contributed by atoms with van der Waals surface area (Å²) in [5, 5.41) is 0. The van der Waals surface area contributed by atoms with Crippen LogP contribution in [0, 0.1) is 29.1 Å². The molecule has 0 aromatic rings. The number of allylic oxidation sites excluding steroid dienone is 9. The van der Waals surface area contributed by atoms with Crippen molar-refractivity contribution in [3.05, 3.63) is 73.4 Å². The fraction of sp³-hybridized carbons (Fsp3) is 0.478. The van der Waals surface area contributed by atoms with Gasteiger partial charge >= 0.3 is 0 Å². The second kappa shape index (κ2) is 6.51. The largest absolute Gasteiger partial charge is 0.0991 e. The molecule has 0 aromatic heterocycles. The van der Waals surface area contributed by atoms with Crippen LogP contribution in [-0.2, 0) is 0 Å². The predicted octanol–water partition coefficient (Wildman–Crippen LogP) is 6.42. The SMILES string of the molecule is C=C/C=C\C(=C/C)C1(/C(C=C)=C/C=C)CC2CC1C1CCCC21. The van der Waals surface area contributed by atoms with Crippen LogP contribution < -0.4 is 0 Å². The maximum Gasteiger partial charge on any atom is 0.0233 e. The topological polar surface area (TPSA) is 0 Å². The van der Waals surface area contributed by atoms with Crippen molar-refractivity contribution in [1.29, 1.82) is 0 Å². The molecule has 0 amide bonds. The van der Waals surface area contributed by atoms with E-state index in [4.69, 9.17) is 0 Å². The van der Waals surface area contributed by atoms with Crippen LogP contribution in [-0.4, -0.2) is 0 Å². The van der Waals surface area contributed by atoms with Gasteiger partial charge in [0.2, 0.25) is 0 Å². The highest BCUT2D eigenvalue weighted by Gasteiger charge is 2.62. The summed E-state index contributed by atoms with van der Waals surface area (Å²) in [5.41, 5.74) is 2.95. The van der Waals surface area contributed by atoms with Crippen LogP contribution in [0.5, 0.6) is 0 Å². The Bertz CT molecular complexity index is 585. The average Bonchev–Trinajstić information content (AvgIpc) is 3.25. The summed E-state index contributed by atoms with van der Waals surface area (Å²) in [6.07, 6.45) is 21.8. The van der Waals surface area contributed by atoms with Gasteiger partial charge in [-0.1, -0.05) is 68.7 Å². The van der Waals surface area contributed by atoms with Crippen LogP contribution in [0.1, 0.15) is 39.0 Å². The van der Waals surface area contributed by atoms with Crippen LogP contribution in [0.25, 0.3) is 0 Å². The molecule has 0 heteroatoms. The molecule has 0 saturated heterocycles. The van der Waals surface area contributed by atoms with Crippen LogP contribution in [0.15, 0.2) is 73.4 Å². The van der Waals surface area contributed by atoms with Crippen LogP contribution in [0.2, 0.25) is 0 Å². The van der Waals surface area contributed by atoms with Gasteiger partial charge in [0.15, 0.2) is 0 Å². The minimum Gasteiger partial charge on any atom is -0.0991 e. The Labute approximate surface area is 142 Å². The molecule has 0 spiro atoms. The van der Waals surface area contributed by atoms with E-state index in [0.717, 1.165) is 23.7 Å². The molecule has 23 heavy (non-hydrogen) atoms. The van der Waals surface area contributed by atoms with E-state index in [9.17, 15) is 0 Å². The van der Waals surface area contributed by atoms with Crippen LogP contribution in [0.3, 0.4) is 0 Å². The standard InChI is InChI=1S/C23H30/c1-5-9-12-19(8-4)23(18(7-3)11-6-2)16-17-15-22(23)21-14-10-13-20(17)21/h5-9,11-12,17,20-22H,1-3,10,13-16H2,4H3/b12-9-,18-11+,19-8+. The summed E-state index contributed by atoms with van der Waals surface area (Å²) in [6.45, 7) is 14.1. The molecule has 0 aliphatic heterocycles. The maximum atomic E-state index is 4.15. The molecule has 0 N–H and O–H groups in total. The second-order valence-corrected chi connectivity index (χ2v) is 7.44. The van der Waals surface area contributed by atoms with Crippen molar-refractivity contribution in [1.82, 2.24) is 0 Å². The van der Waals surface area contributed by atoms with Gasteiger partial charge in [0.1, 0.15) is 0 Å². The molecule has 0 radical (unpaired) electrons. The van der Waals surface area contributed by atoms with Gasteiger partial charge in [0.25, 0.3) is 0 Å². The van der Waals surface area contributed by atoms with E-state index < -0.39 is 0 Å². The lowest BCUT2D eigenvalue weighted by atomic mass is 9.58. The highest BCUT2D eigenvalue weighted by atomic mass is 14.7. The van der Waals surface area contributed by atoms with Gasteiger partial charge in [-0.05, 0) is 67.4 Å². The third-order valence-corrected chi connectivity index (χ3v) is 6.79. The monoisotopic (exact) mass is 306 g/mol. The lowest BCUT2D eigenvalue weighted by Gasteiger charge is -2.45. The molecule has 0 aromatic carbocycles. The Kier molecular flexibility index (Phi) is 4.62. The zero-order chi connectivity index (χ0) is 16.4. The van der Waals surface area contributed by atoms with Crippen molar-refractivity contribution >= 4 is 0 Å². The van der Waals surface area contributed by atoms with Gasteiger partial charge in [-0.25, -0.2) is 0 Å². The normalized spacial score (nSPS) is 39.7. The Hall–Kier alpha value is -1.56. The summed E-state index contributed by atoms with van der Waals surface area (Å²) in [7, 11) is 0. The lowest BCUT2D eigenvalue weighted by molar-refractivity contribution is 0.153. The quantitative estimate of drug-likeness (QED) is 0.497. The Morgan fingerprint density at radius 3 is 2.48 bits per heavy atom. The Morgan fingerprint density at radius 2 is 1.83 bits per heavy atom. The first kappa shape index (κ1) is 16.3. The lowest BCUT2D eigenvalue weighted by Crippen LogP contribution is -2.38. The van der Waals surface area contributed by atoms with Crippen LogP contribution >= 0.6 is 0 Å². The maximum absolute atomic E-state index is 4.15. The zero-order valence-electron chi connectivity index (χ0n) is 14.5. The van der Waals surface area contributed by atoms with Crippen molar-refractivity contribution in [3.8, 4) is 0 Å². The van der Waals surface area contributed by atoms with Crippen molar-refractivity contribution < 1.29 is 0 Å². The van der Waals surface area contributed by atoms with E-state index in [1.807, 2.05) is 12.2 Å². The number of rotatable bonds is 6. The van der Waals surface area contributed by atoms with E-state index >= 15 is 0 Å². The minimum absolute atomic E-state index is 0.139. The van der Waals surface area contributed by atoms with Crippen molar-refractivity contribution in [3.63, 3.8) is 0 Å². The van der Waals surface area contributed by atoms with Gasteiger partial charge in [0.05, 0.1) is 0 Å². The summed E-state index contributed by atoms with van der Waals surface area (Å²) < 4.78 is 0. The Morgan fingerprint density at radius 1 is 1.04 bits per heavy atom. The minimum atomic E-state index is 0.139. The van der Waals surface area contributed by atoms with Gasteiger partial charge in [0, 0.05) is 5.41 Å². The molecule has 5 unspecified atom stereocenters. The molecule has 3 fully saturated rings. The Balaban J connectivity index is 2.11. The first-order valence-electron chi connectivity index (χ1n) is 9.14. The molecule has 3 saturated carbocycles. The summed E-state index contributed by atoms with van der Waals surface area (Å²) in [5.74, 6) is 3.57. The smallest absolute Gasteiger partial charge is 0.0233 e. The van der Waals surface area contributed by atoms with Gasteiger partial charge in [-0.15, -0.1) is 0 Å². The van der Waals surface area contributed by atoms with Gasteiger partial charge in [-0.3, -0.25) is 0 Å². The highest BCUT2D eigenvalue weighted by Crippen LogP contribution is 2.70. The van der Waals surface area contributed by atoms with E-state index in [-0.39, 0.29) is 5.41 Å². The molecule has 0 nitrogen and oxygen atoms in total. The van der Waals surface area contributed by atoms with E-state index in [2.05, 4.69) is 57.0 Å². The number of hydrogen-bond donors (Lipinski definition) is 0. The molecule has 3 aliphatic carbocycles. The number of hydrogen-bond acceptors (Lipinski definition) is 0. The molecular weight excluding hydrogens is 276 g/mol. The summed E-state index contributed by atoms with van der Waals surface area (Å²) >= 11 is 0. The van der Waals surface area contributed by atoms with Crippen molar-refractivity contribution in [2.45, 2.75) is 39.0 Å². The highest BCUT2D eigenvalue weighted by molar-refractivity contribution is 5.46. The van der Waals surface area contributed by atoms with Crippen molar-refractivity contribution in [2.75, 3.05) is 0 Å². The molecule has 3 aliphatic rings. The number of fused-ring (bicyclic) bond motifs is 5. The molecule has 0 heterocycles. The molecule has 5 atom stereocenters. The average molecular weight is 306 g/mol. The summed E-state index contributed by atoms with van der Waals surface area (Å²) in [4.78, 5) is 0. The fourth-order valence-electron chi connectivity index (χ4n) is 6.17. The van der Waals surface area contributed by atoms with E-state index in [0.29, 0.717) is 0 Å². The first-order valence-corrected chi connectivity index (χ1v) is 9.14. The first-order chi connectivity index (χ1) is 11.2.